The Kier molecular flexibility index (Phi) is 4.74. The van der Waals surface area contributed by atoms with E-state index >= 15 is 0 Å². The molecule has 0 saturated heterocycles. The second-order valence-electron chi connectivity index (χ2n) is 5.85. The summed E-state index contributed by atoms with van der Waals surface area (Å²) in [5.41, 5.74) is -1.09. The van der Waals surface area contributed by atoms with Gasteiger partial charge in [0.05, 0.1) is 11.4 Å². The Morgan fingerprint density at radius 2 is 1.46 bits per heavy atom. The van der Waals surface area contributed by atoms with Gasteiger partial charge in [-0.25, -0.2) is 26.6 Å². The van der Waals surface area contributed by atoms with Gasteiger partial charge >= 0.3 is 6.18 Å². The molecule has 0 saturated carbocycles. The summed E-state index contributed by atoms with van der Waals surface area (Å²) in [6.45, 7) is 0. The molecule has 1 N–H and O–H groups in total. The molecule has 0 amide bonds. The highest BCUT2D eigenvalue weighted by atomic mass is 32.2. The molecule has 0 bridgehead atoms. The van der Waals surface area contributed by atoms with Crippen molar-refractivity contribution in [3.05, 3.63) is 59.7 Å². The third kappa shape index (κ3) is 3.75. The van der Waals surface area contributed by atoms with Crippen LogP contribution in [0, 0.1) is 17.5 Å². The van der Waals surface area contributed by atoms with E-state index in [2.05, 4.69) is 4.98 Å². The lowest BCUT2D eigenvalue weighted by Gasteiger charge is -2.07. The van der Waals surface area contributed by atoms with Crippen molar-refractivity contribution in [1.29, 1.82) is 0 Å². The molecule has 148 valence electrons. The van der Waals surface area contributed by atoms with Gasteiger partial charge in [-0.05, 0) is 36.4 Å². The van der Waals surface area contributed by atoms with Crippen LogP contribution in [0.4, 0.5) is 26.3 Å². The van der Waals surface area contributed by atoms with Crippen LogP contribution in [0.2, 0.25) is 0 Å². The fourth-order valence-corrected chi connectivity index (χ4v) is 3.42. The third-order valence-corrected chi connectivity index (χ3v) is 4.88. The highest BCUT2D eigenvalue weighted by Gasteiger charge is 2.36. The summed E-state index contributed by atoms with van der Waals surface area (Å²) >= 11 is 0. The van der Waals surface area contributed by atoms with Crippen molar-refractivity contribution in [2.45, 2.75) is 11.1 Å². The molecule has 0 aliphatic carbocycles. The molecular weight excluding hydrogens is 410 g/mol. The van der Waals surface area contributed by atoms with Gasteiger partial charge in [0, 0.05) is 17.4 Å². The number of imidazole rings is 1. The average Bonchev–Trinajstić information content (AvgIpc) is 2.99. The van der Waals surface area contributed by atoms with Gasteiger partial charge in [0.2, 0.25) is 5.82 Å². The van der Waals surface area contributed by atoms with Crippen LogP contribution >= 0.6 is 0 Å². The number of halogens is 6. The summed E-state index contributed by atoms with van der Waals surface area (Å²) in [5.74, 6) is -5.02. The van der Waals surface area contributed by atoms with E-state index in [1.807, 2.05) is 4.98 Å². The number of aromatic amines is 1. The monoisotopic (exact) mass is 420 g/mol. The first-order chi connectivity index (χ1) is 12.9. The molecule has 1 aromatic heterocycles. The number of nitrogens with one attached hydrogen (secondary N) is 1. The molecule has 0 fully saturated rings. The first-order valence-corrected chi connectivity index (χ1v) is 9.39. The maximum atomic E-state index is 14.2. The molecule has 11 heteroatoms. The molecule has 3 rings (SSSR count). The van der Waals surface area contributed by atoms with Gasteiger partial charge in [-0.15, -0.1) is 0 Å². The molecule has 0 unspecified atom stereocenters. The Labute approximate surface area is 154 Å². The Bertz CT molecular complexity index is 1130. The zero-order chi connectivity index (χ0) is 20.9. The van der Waals surface area contributed by atoms with E-state index in [0.29, 0.717) is 18.4 Å². The van der Waals surface area contributed by atoms with Crippen molar-refractivity contribution in [1.82, 2.24) is 9.97 Å². The van der Waals surface area contributed by atoms with Crippen molar-refractivity contribution in [3.8, 4) is 22.5 Å². The van der Waals surface area contributed by atoms with Crippen molar-refractivity contribution in [2.24, 2.45) is 0 Å². The number of hydrogen-bond acceptors (Lipinski definition) is 3. The maximum Gasteiger partial charge on any atom is 0.449 e. The van der Waals surface area contributed by atoms with Crippen LogP contribution in [0.15, 0.2) is 41.3 Å². The third-order valence-electron chi connectivity index (χ3n) is 3.75. The minimum atomic E-state index is -4.89. The van der Waals surface area contributed by atoms with Gasteiger partial charge in [-0.1, -0.05) is 0 Å². The zero-order valence-electron chi connectivity index (χ0n) is 13.9. The molecule has 0 radical (unpaired) electrons. The van der Waals surface area contributed by atoms with Gasteiger partial charge < -0.3 is 4.98 Å². The van der Waals surface area contributed by atoms with Crippen molar-refractivity contribution < 1.29 is 34.8 Å². The maximum absolute atomic E-state index is 14.2. The number of benzene rings is 2. The smallest absolute Gasteiger partial charge is 0.334 e. The first kappa shape index (κ1) is 19.9. The summed E-state index contributed by atoms with van der Waals surface area (Å²) in [6.07, 6.45) is -4.30. The normalized spacial score (nSPS) is 12.4. The van der Waals surface area contributed by atoms with E-state index < -0.39 is 55.4 Å². The van der Waals surface area contributed by atoms with E-state index in [-0.39, 0.29) is 11.3 Å². The zero-order valence-corrected chi connectivity index (χ0v) is 14.7. The number of alkyl halides is 3. The predicted molar refractivity (Wildman–Crippen MR) is 87.4 cm³/mol. The van der Waals surface area contributed by atoms with Crippen LogP contribution in [-0.4, -0.2) is 24.6 Å². The molecule has 3 aromatic rings. The van der Waals surface area contributed by atoms with E-state index in [4.69, 9.17) is 0 Å². The van der Waals surface area contributed by atoms with Crippen LogP contribution in [0.3, 0.4) is 0 Å². The minimum absolute atomic E-state index is 0.0763. The standard InChI is InChI=1S/C17H10F6N2O2S/c1-28(26,27)15-11(19)6-9(7-12(15)20)14-13(8-2-4-10(18)5-3-8)24-16(25-14)17(21,22)23/h2-7H,1H3,(H,24,25). The quantitative estimate of drug-likeness (QED) is 0.631. The summed E-state index contributed by atoms with van der Waals surface area (Å²) in [4.78, 5) is 4.18. The highest BCUT2D eigenvalue weighted by Crippen LogP contribution is 2.37. The highest BCUT2D eigenvalue weighted by molar-refractivity contribution is 7.90. The lowest BCUT2D eigenvalue weighted by Crippen LogP contribution is -2.07. The number of nitrogens with zero attached hydrogens (tertiary/aromatic N) is 1. The number of H-pyrrole nitrogens is 1. The van der Waals surface area contributed by atoms with Gasteiger partial charge in [-0.3, -0.25) is 0 Å². The number of aromatic nitrogens is 2. The van der Waals surface area contributed by atoms with Crippen LogP contribution < -0.4 is 0 Å². The Morgan fingerprint density at radius 1 is 0.929 bits per heavy atom. The predicted octanol–water partition coefficient (Wildman–Crippen LogP) is 4.58. The molecule has 28 heavy (non-hydrogen) atoms. The minimum Gasteiger partial charge on any atom is -0.334 e. The molecule has 1 heterocycles. The Hall–Kier alpha value is -2.82. The summed E-state index contributed by atoms with van der Waals surface area (Å²) in [7, 11) is -4.25. The number of hydrogen-bond donors (Lipinski definition) is 1. The van der Waals surface area contributed by atoms with Crippen LogP contribution in [0.1, 0.15) is 5.82 Å². The Balaban J connectivity index is 2.27. The molecule has 0 aliphatic rings. The van der Waals surface area contributed by atoms with Gasteiger partial charge in [-0.2, -0.15) is 13.2 Å². The van der Waals surface area contributed by atoms with E-state index in [1.54, 1.807) is 0 Å². The van der Waals surface area contributed by atoms with Crippen molar-refractivity contribution in [2.75, 3.05) is 6.26 Å². The molecule has 2 aromatic carbocycles. The molecule has 0 atom stereocenters. The van der Waals surface area contributed by atoms with E-state index in [9.17, 15) is 34.8 Å². The van der Waals surface area contributed by atoms with Crippen molar-refractivity contribution >= 4 is 9.84 Å². The summed E-state index contributed by atoms with van der Waals surface area (Å²) in [5, 5.41) is 0. The second-order valence-corrected chi connectivity index (χ2v) is 7.81. The molecule has 4 nitrogen and oxygen atoms in total. The number of sulfone groups is 1. The molecule has 0 aliphatic heterocycles. The largest absolute Gasteiger partial charge is 0.449 e. The van der Waals surface area contributed by atoms with Crippen LogP contribution in [-0.2, 0) is 16.0 Å². The average molecular weight is 420 g/mol. The van der Waals surface area contributed by atoms with Gasteiger partial charge in [0.25, 0.3) is 0 Å². The first-order valence-electron chi connectivity index (χ1n) is 7.50. The lowest BCUT2D eigenvalue weighted by atomic mass is 10.0. The number of rotatable bonds is 3. The van der Waals surface area contributed by atoms with E-state index in [0.717, 1.165) is 24.3 Å². The van der Waals surface area contributed by atoms with Crippen LogP contribution in [0.25, 0.3) is 22.5 Å². The molecule has 0 spiro atoms. The van der Waals surface area contributed by atoms with Crippen LogP contribution in [0.5, 0.6) is 0 Å². The lowest BCUT2D eigenvalue weighted by molar-refractivity contribution is -0.144. The van der Waals surface area contributed by atoms with Gasteiger partial charge in [0.1, 0.15) is 22.3 Å². The van der Waals surface area contributed by atoms with Gasteiger partial charge in [0.15, 0.2) is 9.84 Å². The summed E-state index contributed by atoms with van der Waals surface area (Å²) < 4.78 is 104. The SMILES string of the molecule is CS(=O)(=O)c1c(F)cc(-c2nc(C(F)(F)F)[nH]c2-c2ccc(F)cc2)cc1F. The topological polar surface area (TPSA) is 62.8 Å². The summed E-state index contributed by atoms with van der Waals surface area (Å²) in [6, 6.07) is 5.43. The second kappa shape index (κ2) is 6.66. The fourth-order valence-electron chi connectivity index (χ4n) is 2.59. The Morgan fingerprint density at radius 3 is 1.93 bits per heavy atom. The molecular formula is C17H10F6N2O2S. The van der Waals surface area contributed by atoms with E-state index in [1.165, 1.54) is 0 Å². The van der Waals surface area contributed by atoms with Crippen molar-refractivity contribution in [3.63, 3.8) is 0 Å². The fraction of sp³-hybridized carbons (Fsp3) is 0.118.